The first-order chi connectivity index (χ1) is 24.6. The molecule has 11 heteroatoms. The van der Waals surface area contributed by atoms with Crippen LogP contribution in [0.2, 0.25) is 0 Å². The molecule has 0 aliphatic carbocycles. The van der Waals surface area contributed by atoms with Crippen molar-refractivity contribution >= 4 is 23.5 Å². The maximum Gasteiger partial charge on any atom is 0.359 e. The number of benzene rings is 4. The Kier molecular flexibility index (Phi) is 9.99. The standard InChI is InChI=1S/C40H34N4O7/c1-5-49-39(47)35-33(23-43(41-35)29-15-7-25(3)8-16-29)37(45)27-11-19-31(20-12-27)51-32-21-13-28(14-22-32)38(46)34-24-44(30-17-9-26(4)10-18-30)42-36(34)40(48)50-6-2/h7-24H,5-6H2,1-4H3. The van der Waals surface area contributed by atoms with E-state index in [1.165, 1.54) is 21.8 Å². The first-order valence-electron chi connectivity index (χ1n) is 16.3. The fourth-order valence-electron chi connectivity index (χ4n) is 5.24. The van der Waals surface area contributed by atoms with Gasteiger partial charge in [-0.1, -0.05) is 35.4 Å². The van der Waals surface area contributed by atoms with Gasteiger partial charge >= 0.3 is 11.9 Å². The Morgan fingerprint density at radius 3 is 1.22 bits per heavy atom. The van der Waals surface area contributed by atoms with Crippen LogP contribution < -0.4 is 4.74 Å². The molecule has 2 heterocycles. The number of esters is 2. The van der Waals surface area contributed by atoms with Crippen LogP contribution in [-0.4, -0.2) is 56.3 Å². The van der Waals surface area contributed by atoms with Crippen molar-refractivity contribution in [2.45, 2.75) is 27.7 Å². The lowest BCUT2D eigenvalue weighted by Crippen LogP contribution is -2.12. The Balaban J connectivity index is 1.19. The minimum Gasteiger partial charge on any atom is -0.461 e. The van der Waals surface area contributed by atoms with Crippen LogP contribution in [0, 0.1) is 13.8 Å². The van der Waals surface area contributed by atoms with Gasteiger partial charge in [-0.2, -0.15) is 10.2 Å². The number of ketones is 2. The third kappa shape index (κ3) is 7.52. The number of carbonyl (C=O) groups excluding carboxylic acids is 4. The first kappa shape index (κ1) is 34.3. The summed E-state index contributed by atoms with van der Waals surface area (Å²) < 4.78 is 19.3. The van der Waals surface area contributed by atoms with E-state index in [0.717, 1.165) is 11.1 Å². The molecule has 0 aliphatic heterocycles. The zero-order chi connectivity index (χ0) is 36.1. The molecule has 0 fully saturated rings. The second-order valence-corrected chi connectivity index (χ2v) is 11.6. The van der Waals surface area contributed by atoms with Gasteiger partial charge in [0.05, 0.1) is 35.7 Å². The van der Waals surface area contributed by atoms with Crippen LogP contribution in [0.25, 0.3) is 11.4 Å². The second kappa shape index (κ2) is 14.9. The molecule has 0 unspecified atom stereocenters. The van der Waals surface area contributed by atoms with Gasteiger partial charge in [0.15, 0.2) is 23.0 Å². The van der Waals surface area contributed by atoms with E-state index < -0.39 is 23.5 Å². The van der Waals surface area contributed by atoms with Gasteiger partial charge in [0.25, 0.3) is 0 Å². The number of ether oxygens (including phenoxy) is 3. The predicted octanol–water partition coefficient (Wildman–Crippen LogP) is 7.28. The maximum absolute atomic E-state index is 13.6. The van der Waals surface area contributed by atoms with Crippen molar-refractivity contribution in [3.05, 3.63) is 154 Å². The summed E-state index contributed by atoms with van der Waals surface area (Å²) in [6.45, 7) is 7.57. The zero-order valence-electron chi connectivity index (χ0n) is 28.5. The molecule has 11 nitrogen and oxygen atoms in total. The fraction of sp³-hybridized carbons (Fsp3) is 0.150. The molecule has 256 valence electrons. The van der Waals surface area contributed by atoms with Gasteiger partial charge < -0.3 is 14.2 Å². The number of carbonyl (C=O) groups is 4. The molecule has 0 aliphatic rings. The number of nitrogens with zero attached hydrogens (tertiary/aromatic N) is 4. The third-order valence-corrected chi connectivity index (χ3v) is 7.92. The number of aryl methyl sites for hydroxylation is 2. The van der Waals surface area contributed by atoms with Crippen molar-refractivity contribution in [1.82, 2.24) is 19.6 Å². The van der Waals surface area contributed by atoms with Gasteiger partial charge in [0.2, 0.25) is 0 Å². The van der Waals surface area contributed by atoms with Crippen LogP contribution in [0.15, 0.2) is 109 Å². The molecular formula is C40H34N4O7. The summed E-state index contributed by atoms with van der Waals surface area (Å²) in [6, 6.07) is 27.9. The average molecular weight is 683 g/mol. The first-order valence-corrected chi connectivity index (χ1v) is 16.3. The van der Waals surface area contributed by atoms with E-state index in [-0.39, 0.29) is 35.7 Å². The van der Waals surface area contributed by atoms with Crippen molar-refractivity contribution in [1.29, 1.82) is 0 Å². The lowest BCUT2D eigenvalue weighted by Gasteiger charge is -2.08. The minimum absolute atomic E-state index is 0.0748. The summed E-state index contributed by atoms with van der Waals surface area (Å²) in [4.78, 5) is 52.6. The minimum atomic E-state index is -0.689. The molecule has 0 N–H and O–H groups in total. The highest BCUT2D eigenvalue weighted by atomic mass is 16.5. The van der Waals surface area contributed by atoms with Crippen molar-refractivity contribution in [3.8, 4) is 22.9 Å². The highest BCUT2D eigenvalue weighted by molar-refractivity contribution is 6.14. The van der Waals surface area contributed by atoms with E-state index in [4.69, 9.17) is 14.2 Å². The van der Waals surface area contributed by atoms with Crippen LogP contribution in [-0.2, 0) is 9.47 Å². The SMILES string of the molecule is CCOC(=O)c1nn(-c2ccc(C)cc2)cc1C(=O)c1ccc(Oc2ccc(C(=O)c3cn(-c4ccc(C)cc4)nc3C(=O)OCC)cc2)cc1. The summed E-state index contributed by atoms with van der Waals surface area (Å²) in [7, 11) is 0. The lowest BCUT2D eigenvalue weighted by molar-refractivity contribution is 0.0507. The summed E-state index contributed by atoms with van der Waals surface area (Å²) in [6.07, 6.45) is 3.05. The Hall–Kier alpha value is -6.62. The summed E-state index contributed by atoms with van der Waals surface area (Å²) in [5.41, 5.74) is 4.22. The number of hydrogen-bond donors (Lipinski definition) is 0. The molecule has 0 bridgehead atoms. The van der Waals surface area contributed by atoms with E-state index in [9.17, 15) is 19.2 Å². The highest BCUT2D eigenvalue weighted by Gasteiger charge is 2.26. The van der Waals surface area contributed by atoms with Gasteiger partial charge in [-0.25, -0.2) is 19.0 Å². The molecule has 0 saturated carbocycles. The van der Waals surface area contributed by atoms with Gasteiger partial charge in [0.1, 0.15) is 11.5 Å². The molecule has 6 aromatic rings. The van der Waals surface area contributed by atoms with Crippen LogP contribution in [0.4, 0.5) is 0 Å². The Morgan fingerprint density at radius 1 is 0.529 bits per heavy atom. The summed E-state index contributed by atoms with van der Waals surface area (Å²) in [5.74, 6) is -1.31. The van der Waals surface area contributed by atoms with E-state index in [1.807, 2.05) is 62.4 Å². The molecule has 2 aromatic heterocycles. The molecule has 0 spiro atoms. The summed E-state index contributed by atoms with van der Waals surface area (Å²) >= 11 is 0. The maximum atomic E-state index is 13.6. The summed E-state index contributed by atoms with van der Waals surface area (Å²) in [5, 5.41) is 8.74. The van der Waals surface area contributed by atoms with E-state index in [0.29, 0.717) is 34.0 Å². The van der Waals surface area contributed by atoms with E-state index in [2.05, 4.69) is 10.2 Å². The largest absolute Gasteiger partial charge is 0.461 e. The van der Waals surface area contributed by atoms with Crippen LogP contribution >= 0.6 is 0 Å². The van der Waals surface area contributed by atoms with E-state index in [1.54, 1.807) is 62.4 Å². The number of rotatable bonds is 12. The molecule has 6 rings (SSSR count). The average Bonchev–Trinajstić information content (AvgIpc) is 3.79. The van der Waals surface area contributed by atoms with Crippen LogP contribution in [0.5, 0.6) is 11.5 Å². The van der Waals surface area contributed by atoms with Crippen molar-refractivity contribution in [2.24, 2.45) is 0 Å². The normalized spacial score (nSPS) is 10.8. The third-order valence-electron chi connectivity index (χ3n) is 7.92. The van der Waals surface area contributed by atoms with E-state index >= 15 is 0 Å². The van der Waals surface area contributed by atoms with Gasteiger partial charge in [-0.05, 0) is 100 Å². The van der Waals surface area contributed by atoms with Crippen molar-refractivity contribution < 1.29 is 33.4 Å². The van der Waals surface area contributed by atoms with Gasteiger partial charge in [0, 0.05) is 23.5 Å². The fourth-order valence-corrected chi connectivity index (χ4v) is 5.24. The Bertz CT molecular complexity index is 2060. The molecular weight excluding hydrogens is 648 g/mol. The Morgan fingerprint density at radius 2 is 0.882 bits per heavy atom. The Labute approximate surface area is 294 Å². The molecule has 0 amide bonds. The number of aromatic nitrogens is 4. The molecule has 0 atom stereocenters. The topological polar surface area (TPSA) is 132 Å². The predicted molar refractivity (Wildman–Crippen MR) is 188 cm³/mol. The smallest absolute Gasteiger partial charge is 0.359 e. The molecule has 0 saturated heterocycles. The van der Waals surface area contributed by atoms with Crippen molar-refractivity contribution in [2.75, 3.05) is 13.2 Å². The number of hydrogen-bond acceptors (Lipinski definition) is 9. The quantitative estimate of drug-likeness (QED) is 0.0965. The van der Waals surface area contributed by atoms with Gasteiger partial charge in [-0.3, -0.25) is 9.59 Å². The molecule has 4 aromatic carbocycles. The molecule has 51 heavy (non-hydrogen) atoms. The van der Waals surface area contributed by atoms with Crippen LogP contribution in [0.1, 0.15) is 77.8 Å². The zero-order valence-corrected chi connectivity index (χ0v) is 28.5. The van der Waals surface area contributed by atoms with Crippen LogP contribution in [0.3, 0.4) is 0 Å². The second-order valence-electron chi connectivity index (χ2n) is 11.6. The van der Waals surface area contributed by atoms with Crippen molar-refractivity contribution in [3.63, 3.8) is 0 Å². The van der Waals surface area contributed by atoms with Gasteiger partial charge in [-0.15, -0.1) is 0 Å². The monoisotopic (exact) mass is 682 g/mol. The molecule has 0 radical (unpaired) electrons. The lowest BCUT2D eigenvalue weighted by atomic mass is 10.0. The highest BCUT2D eigenvalue weighted by Crippen LogP contribution is 2.26.